The Bertz CT molecular complexity index is 789. The number of hydrogen-bond donors (Lipinski definition) is 1. The monoisotopic (exact) mass is 308 g/mol. The number of pyridine rings is 1. The maximum Gasteiger partial charge on any atom is 0.231 e. The number of carbonyl (C=O) groups excluding carboxylic acids is 1. The minimum absolute atomic E-state index is 0.316. The number of para-hydroxylation sites is 1. The van der Waals surface area contributed by atoms with E-state index in [2.05, 4.69) is 4.98 Å². The Hall–Kier alpha value is -2.33. The molecule has 0 radical (unpaired) electrons. The van der Waals surface area contributed by atoms with Crippen molar-refractivity contribution in [2.45, 2.75) is 16.7 Å². The van der Waals surface area contributed by atoms with Crippen LogP contribution in [0.15, 0.2) is 71.8 Å². The molecule has 0 bridgehead atoms. The molecule has 1 atom stereocenters. The van der Waals surface area contributed by atoms with Gasteiger partial charge in [-0.15, -0.1) is 0 Å². The molecule has 0 saturated heterocycles. The van der Waals surface area contributed by atoms with Gasteiger partial charge < -0.3 is 5.73 Å². The second kappa shape index (κ2) is 6.62. The molecule has 0 aliphatic carbocycles. The average molecular weight is 308 g/mol. The summed E-state index contributed by atoms with van der Waals surface area (Å²) in [5.41, 5.74) is 7.58. The van der Waals surface area contributed by atoms with Crippen molar-refractivity contribution in [1.29, 1.82) is 0 Å². The number of nitrogens with two attached hydrogens (primary N) is 1. The fraction of sp³-hybridized carbons (Fsp3) is 0.111. The predicted octanol–water partition coefficient (Wildman–Crippen LogP) is 3.42. The van der Waals surface area contributed by atoms with Gasteiger partial charge in [0.25, 0.3) is 0 Å². The zero-order chi connectivity index (χ0) is 15.4. The number of hydrogen-bond acceptors (Lipinski definition) is 3. The van der Waals surface area contributed by atoms with Crippen LogP contribution in [0.4, 0.5) is 0 Å². The summed E-state index contributed by atoms with van der Waals surface area (Å²) in [4.78, 5) is 16.3. The molecule has 3 nitrogen and oxygen atoms in total. The third kappa shape index (κ3) is 3.46. The molecule has 3 aromatic rings. The first-order chi connectivity index (χ1) is 10.7. The van der Waals surface area contributed by atoms with Crippen LogP contribution in [0.5, 0.6) is 0 Å². The Morgan fingerprint density at radius 2 is 1.73 bits per heavy atom. The third-order valence-electron chi connectivity index (χ3n) is 3.42. The van der Waals surface area contributed by atoms with Gasteiger partial charge in [-0.3, -0.25) is 4.79 Å². The minimum Gasteiger partial charge on any atom is -0.369 e. The van der Waals surface area contributed by atoms with E-state index in [1.54, 1.807) is 0 Å². The van der Waals surface area contributed by atoms with Crippen molar-refractivity contribution >= 4 is 28.6 Å². The van der Waals surface area contributed by atoms with Crippen molar-refractivity contribution in [1.82, 2.24) is 4.98 Å². The van der Waals surface area contributed by atoms with E-state index in [0.29, 0.717) is 6.42 Å². The van der Waals surface area contributed by atoms with E-state index in [1.807, 2.05) is 66.7 Å². The Morgan fingerprint density at radius 3 is 2.50 bits per heavy atom. The lowest BCUT2D eigenvalue weighted by Crippen LogP contribution is -2.27. The van der Waals surface area contributed by atoms with Crippen LogP contribution in [0.1, 0.15) is 5.56 Å². The molecule has 3 rings (SSSR count). The molecule has 0 unspecified atom stereocenters. The highest BCUT2D eigenvalue weighted by molar-refractivity contribution is 8.00. The maximum atomic E-state index is 11.7. The van der Waals surface area contributed by atoms with E-state index in [0.717, 1.165) is 21.5 Å². The summed E-state index contributed by atoms with van der Waals surface area (Å²) in [5, 5.41) is 1.58. The number of aromatic nitrogens is 1. The molecule has 0 fully saturated rings. The number of primary amides is 1. The van der Waals surface area contributed by atoms with Crippen LogP contribution in [0.2, 0.25) is 0 Å². The van der Waals surface area contributed by atoms with Crippen LogP contribution in [0.3, 0.4) is 0 Å². The SMILES string of the molecule is NC(=O)[C@H](Cc1ccccc1)Sc1ccc2ccccc2n1. The number of carbonyl (C=O) groups is 1. The first-order valence-corrected chi connectivity index (χ1v) is 7.96. The number of fused-ring (bicyclic) bond motifs is 1. The average Bonchev–Trinajstić information content (AvgIpc) is 2.55. The zero-order valence-electron chi connectivity index (χ0n) is 12.0. The molecule has 1 aromatic heterocycles. The van der Waals surface area contributed by atoms with Gasteiger partial charge in [-0.25, -0.2) is 4.98 Å². The minimum atomic E-state index is -0.323. The summed E-state index contributed by atoms with van der Waals surface area (Å²) in [7, 11) is 0. The van der Waals surface area contributed by atoms with Gasteiger partial charge in [-0.05, 0) is 24.1 Å². The molecule has 0 saturated carbocycles. The van der Waals surface area contributed by atoms with Crippen molar-refractivity contribution in [3.63, 3.8) is 0 Å². The maximum absolute atomic E-state index is 11.7. The van der Waals surface area contributed by atoms with E-state index in [1.165, 1.54) is 11.8 Å². The fourth-order valence-electron chi connectivity index (χ4n) is 2.29. The van der Waals surface area contributed by atoms with E-state index < -0.39 is 0 Å². The van der Waals surface area contributed by atoms with Gasteiger partial charge in [-0.2, -0.15) is 0 Å². The molecule has 0 aliphatic heterocycles. The molecule has 1 amide bonds. The number of rotatable bonds is 5. The van der Waals surface area contributed by atoms with Gasteiger partial charge in [0.2, 0.25) is 5.91 Å². The van der Waals surface area contributed by atoms with Crippen molar-refractivity contribution in [2.75, 3.05) is 0 Å². The Labute approximate surface area is 133 Å². The highest BCUT2D eigenvalue weighted by Gasteiger charge is 2.18. The lowest BCUT2D eigenvalue weighted by molar-refractivity contribution is -0.117. The van der Waals surface area contributed by atoms with E-state index >= 15 is 0 Å². The Balaban J connectivity index is 1.81. The van der Waals surface area contributed by atoms with Crippen LogP contribution >= 0.6 is 11.8 Å². The fourth-order valence-corrected chi connectivity index (χ4v) is 3.27. The number of thioether (sulfide) groups is 1. The van der Waals surface area contributed by atoms with Crippen LogP contribution in [-0.2, 0) is 11.2 Å². The lowest BCUT2D eigenvalue weighted by Gasteiger charge is -2.13. The molecular formula is C18H16N2OS. The second-order valence-corrected chi connectivity index (χ2v) is 6.26. The molecule has 22 heavy (non-hydrogen) atoms. The van der Waals surface area contributed by atoms with E-state index in [-0.39, 0.29) is 11.2 Å². The molecule has 0 aliphatic rings. The topological polar surface area (TPSA) is 56.0 Å². The van der Waals surface area contributed by atoms with Gasteiger partial charge in [0.05, 0.1) is 15.8 Å². The van der Waals surface area contributed by atoms with Crippen LogP contribution < -0.4 is 5.73 Å². The standard InChI is InChI=1S/C18H16N2OS/c19-18(21)16(12-13-6-2-1-3-7-13)22-17-11-10-14-8-4-5-9-15(14)20-17/h1-11,16H,12H2,(H2,19,21)/t16-/m0/s1. The predicted molar refractivity (Wildman–Crippen MR) is 90.7 cm³/mol. The first kappa shape index (κ1) is 14.6. The Kier molecular flexibility index (Phi) is 4.39. The molecular weight excluding hydrogens is 292 g/mol. The molecule has 1 heterocycles. The van der Waals surface area contributed by atoms with Crippen molar-refractivity contribution in [3.05, 3.63) is 72.3 Å². The van der Waals surface area contributed by atoms with E-state index in [4.69, 9.17) is 5.73 Å². The van der Waals surface area contributed by atoms with Crippen LogP contribution in [0.25, 0.3) is 10.9 Å². The summed E-state index contributed by atoms with van der Waals surface area (Å²) in [6.45, 7) is 0. The van der Waals surface area contributed by atoms with Gasteiger partial charge in [0.1, 0.15) is 0 Å². The smallest absolute Gasteiger partial charge is 0.231 e. The van der Waals surface area contributed by atoms with Crippen LogP contribution in [0, 0.1) is 0 Å². The molecule has 2 N–H and O–H groups in total. The number of benzene rings is 2. The molecule has 2 aromatic carbocycles. The van der Waals surface area contributed by atoms with Crippen molar-refractivity contribution < 1.29 is 4.79 Å². The summed E-state index contributed by atoms with van der Waals surface area (Å²) in [5.74, 6) is -0.316. The third-order valence-corrected chi connectivity index (χ3v) is 4.57. The largest absolute Gasteiger partial charge is 0.369 e. The van der Waals surface area contributed by atoms with Gasteiger partial charge in [0, 0.05) is 5.39 Å². The lowest BCUT2D eigenvalue weighted by atomic mass is 10.1. The van der Waals surface area contributed by atoms with Crippen LogP contribution in [-0.4, -0.2) is 16.1 Å². The van der Waals surface area contributed by atoms with Crippen molar-refractivity contribution in [2.24, 2.45) is 5.73 Å². The summed E-state index contributed by atoms with van der Waals surface area (Å²) in [6.07, 6.45) is 0.606. The van der Waals surface area contributed by atoms with Crippen molar-refractivity contribution in [3.8, 4) is 0 Å². The highest BCUT2D eigenvalue weighted by atomic mass is 32.2. The zero-order valence-corrected chi connectivity index (χ0v) is 12.8. The molecule has 0 spiro atoms. The second-order valence-electron chi connectivity index (χ2n) is 5.04. The number of amides is 1. The van der Waals surface area contributed by atoms with Gasteiger partial charge >= 0.3 is 0 Å². The summed E-state index contributed by atoms with van der Waals surface area (Å²) < 4.78 is 0. The first-order valence-electron chi connectivity index (χ1n) is 7.08. The van der Waals surface area contributed by atoms with E-state index in [9.17, 15) is 4.79 Å². The highest BCUT2D eigenvalue weighted by Crippen LogP contribution is 2.26. The normalized spacial score (nSPS) is 12.2. The molecule has 4 heteroatoms. The quantitative estimate of drug-likeness (QED) is 0.735. The number of nitrogens with zero attached hydrogens (tertiary/aromatic N) is 1. The van der Waals surface area contributed by atoms with Gasteiger partial charge in [0.15, 0.2) is 0 Å². The van der Waals surface area contributed by atoms with Gasteiger partial charge in [-0.1, -0.05) is 66.4 Å². The molecule has 110 valence electrons. The summed E-state index contributed by atoms with van der Waals surface area (Å²) in [6, 6.07) is 21.8. The summed E-state index contributed by atoms with van der Waals surface area (Å²) >= 11 is 1.42. The Morgan fingerprint density at radius 1 is 1.00 bits per heavy atom.